The zero-order chi connectivity index (χ0) is 25.4. The van der Waals surface area contributed by atoms with E-state index >= 15 is 0 Å². The van der Waals surface area contributed by atoms with Gasteiger partial charge in [0.1, 0.15) is 23.0 Å². The van der Waals surface area contributed by atoms with Crippen molar-refractivity contribution in [3.63, 3.8) is 0 Å². The molecule has 0 spiro atoms. The Hall–Kier alpha value is -4.18. The Bertz CT molecular complexity index is 1480. The highest BCUT2D eigenvalue weighted by atomic mass is 16.5. The van der Waals surface area contributed by atoms with E-state index in [0.717, 1.165) is 67.2 Å². The molecule has 0 heterocycles. The Morgan fingerprint density at radius 1 is 0.417 bits per heavy atom. The van der Waals surface area contributed by atoms with Crippen LogP contribution in [0, 0.1) is 13.8 Å². The first-order chi connectivity index (χ1) is 17.5. The summed E-state index contributed by atoms with van der Waals surface area (Å²) in [5, 5.41) is 4.59. The molecule has 0 aromatic heterocycles. The fourth-order valence-corrected chi connectivity index (χ4v) is 5.19. The first-order valence-electron chi connectivity index (χ1n) is 11.9. The van der Waals surface area contributed by atoms with Gasteiger partial charge in [-0.3, -0.25) is 0 Å². The van der Waals surface area contributed by atoms with Crippen molar-refractivity contribution in [2.75, 3.05) is 28.4 Å². The van der Waals surface area contributed by atoms with Crippen molar-refractivity contribution >= 4 is 21.5 Å². The standard InChI is InChI=1S/C32H30O4/c1-19-15-29(35-5)25(17-27(19)33-3)31-23-13-9-7-11-21(23)22-12-8-10-14-24(22)32(31)26-18-28(34-4)20(2)16-30(26)36-6/h7-18H,1-6H3. The van der Waals surface area contributed by atoms with E-state index in [1.165, 1.54) is 10.8 Å². The molecule has 0 aliphatic carbocycles. The number of ether oxygens (including phenoxy) is 4. The van der Waals surface area contributed by atoms with Crippen molar-refractivity contribution in [1.82, 2.24) is 0 Å². The highest BCUT2D eigenvalue weighted by molar-refractivity contribution is 6.22. The number of hydrogen-bond donors (Lipinski definition) is 0. The van der Waals surface area contributed by atoms with Crippen molar-refractivity contribution < 1.29 is 18.9 Å². The summed E-state index contributed by atoms with van der Waals surface area (Å²) in [6, 6.07) is 25.2. The number of aryl methyl sites for hydroxylation is 2. The molecule has 36 heavy (non-hydrogen) atoms. The van der Waals surface area contributed by atoms with Gasteiger partial charge in [0.2, 0.25) is 0 Å². The molecule has 0 radical (unpaired) electrons. The average Bonchev–Trinajstić information content (AvgIpc) is 2.92. The monoisotopic (exact) mass is 478 g/mol. The van der Waals surface area contributed by atoms with Crippen LogP contribution in [0.4, 0.5) is 0 Å². The van der Waals surface area contributed by atoms with Crippen molar-refractivity contribution in [1.29, 1.82) is 0 Å². The minimum absolute atomic E-state index is 0.785. The lowest BCUT2D eigenvalue weighted by molar-refractivity contribution is 0.401. The molecule has 0 amide bonds. The molecule has 0 bridgehead atoms. The number of fused-ring (bicyclic) bond motifs is 3. The Balaban J connectivity index is 2.06. The summed E-state index contributed by atoms with van der Waals surface area (Å²) in [6.07, 6.45) is 0. The fraction of sp³-hybridized carbons (Fsp3) is 0.188. The predicted molar refractivity (Wildman–Crippen MR) is 148 cm³/mol. The summed E-state index contributed by atoms with van der Waals surface area (Å²) in [5.74, 6) is 3.19. The van der Waals surface area contributed by atoms with Crippen molar-refractivity contribution in [3.8, 4) is 45.3 Å². The van der Waals surface area contributed by atoms with Gasteiger partial charge in [-0.05, 0) is 70.8 Å². The van der Waals surface area contributed by atoms with Crippen LogP contribution in [-0.2, 0) is 0 Å². The molecule has 0 saturated heterocycles. The van der Waals surface area contributed by atoms with Gasteiger partial charge in [-0.2, -0.15) is 0 Å². The summed E-state index contributed by atoms with van der Waals surface area (Å²) < 4.78 is 23.4. The third-order valence-electron chi connectivity index (χ3n) is 6.91. The van der Waals surface area contributed by atoms with Crippen LogP contribution < -0.4 is 18.9 Å². The molecule has 0 unspecified atom stereocenters. The first kappa shape index (κ1) is 23.6. The van der Waals surface area contributed by atoms with Gasteiger partial charge in [0, 0.05) is 22.3 Å². The van der Waals surface area contributed by atoms with Gasteiger partial charge >= 0.3 is 0 Å². The molecule has 4 nitrogen and oxygen atoms in total. The van der Waals surface area contributed by atoms with E-state index in [2.05, 4.69) is 60.7 Å². The quantitative estimate of drug-likeness (QED) is 0.232. The number of hydrogen-bond acceptors (Lipinski definition) is 4. The normalized spacial score (nSPS) is 11.1. The van der Waals surface area contributed by atoms with E-state index in [-0.39, 0.29) is 0 Å². The molecule has 0 N–H and O–H groups in total. The Kier molecular flexibility index (Phi) is 6.19. The molecule has 0 fully saturated rings. The lowest BCUT2D eigenvalue weighted by Gasteiger charge is -2.23. The smallest absolute Gasteiger partial charge is 0.127 e. The second kappa shape index (κ2) is 9.46. The van der Waals surface area contributed by atoms with E-state index in [4.69, 9.17) is 18.9 Å². The second-order valence-electron chi connectivity index (χ2n) is 8.89. The second-order valence-corrected chi connectivity index (χ2v) is 8.89. The van der Waals surface area contributed by atoms with Crippen molar-refractivity contribution in [2.45, 2.75) is 13.8 Å². The average molecular weight is 479 g/mol. The zero-order valence-corrected chi connectivity index (χ0v) is 21.6. The van der Waals surface area contributed by atoms with E-state index in [1.54, 1.807) is 28.4 Å². The maximum atomic E-state index is 5.94. The predicted octanol–water partition coefficient (Wildman–Crippen LogP) is 7.98. The maximum absolute atomic E-state index is 5.94. The van der Waals surface area contributed by atoms with E-state index in [9.17, 15) is 0 Å². The van der Waals surface area contributed by atoms with Crippen LogP contribution in [0.25, 0.3) is 43.8 Å². The molecular weight excluding hydrogens is 448 g/mol. The summed E-state index contributed by atoms with van der Waals surface area (Å²) in [5.41, 5.74) is 6.06. The van der Waals surface area contributed by atoms with Gasteiger partial charge in [-0.1, -0.05) is 48.5 Å². The van der Waals surface area contributed by atoms with Gasteiger partial charge in [-0.25, -0.2) is 0 Å². The molecule has 0 aliphatic rings. The lowest BCUT2D eigenvalue weighted by atomic mass is 9.84. The Morgan fingerprint density at radius 3 is 1.08 bits per heavy atom. The fourth-order valence-electron chi connectivity index (χ4n) is 5.19. The lowest BCUT2D eigenvalue weighted by Crippen LogP contribution is -1.99. The van der Waals surface area contributed by atoms with Crippen LogP contribution in [0.15, 0.2) is 72.8 Å². The molecule has 5 aromatic rings. The van der Waals surface area contributed by atoms with Gasteiger partial charge in [0.15, 0.2) is 0 Å². The van der Waals surface area contributed by atoms with Gasteiger partial charge in [0.25, 0.3) is 0 Å². The molecule has 0 saturated carbocycles. The molecule has 5 aromatic carbocycles. The molecule has 182 valence electrons. The Morgan fingerprint density at radius 2 is 0.750 bits per heavy atom. The minimum atomic E-state index is 0.785. The minimum Gasteiger partial charge on any atom is -0.496 e. The van der Waals surface area contributed by atoms with Crippen molar-refractivity contribution in [3.05, 3.63) is 83.9 Å². The molecule has 4 heteroatoms. The van der Waals surface area contributed by atoms with Crippen LogP contribution in [-0.4, -0.2) is 28.4 Å². The number of benzene rings is 5. The summed E-state index contributed by atoms with van der Waals surface area (Å²) in [7, 11) is 6.82. The SMILES string of the molecule is COc1cc(-c2c(-c3cc(OC)c(C)cc3OC)c3ccccc3c3ccccc23)c(OC)cc1C. The number of rotatable bonds is 6. The van der Waals surface area contributed by atoms with Crippen LogP contribution in [0.5, 0.6) is 23.0 Å². The zero-order valence-electron chi connectivity index (χ0n) is 21.6. The van der Waals surface area contributed by atoms with Gasteiger partial charge in [0.05, 0.1) is 28.4 Å². The highest BCUT2D eigenvalue weighted by Crippen LogP contribution is 2.51. The van der Waals surface area contributed by atoms with Crippen molar-refractivity contribution in [2.24, 2.45) is 0 Å². The molecule has 0 atom stereocenters. The topological polar surface area (TPSA) is 36.9 Å². The van der Waals surface area contributed by atoms with Gasteiger partial charge in [-0.15, -0.1) is 0 Å². The van der Waals surface area contributed by atoms with Crippen LogP contribution in [0.1, 0.15) is 11.1 Å². The van der Waals surface area contributed by atoms with Crippen LogP contribution >= 0.6 is 0 Å². The van der Waals surface area contributed by atoms with E-state index in [0.29, 0.717) is 0 Å². The molecular formula is C32H30O4. The summed E-state index contributed by atoms with van der Waals surface area (Å²) >= 11 is 0. The Labute approximate surface area is 212 Å². The maximum Gasteiger partial charge on any atom is 0.127 e. The highest BCUT2D eigenvalue weighted by Gasteiger charge is 2.24. The first-order valence-corrected chi connectivity index (χ1v) is 11.9. The van der Waals surface area contributed by atoms with Crippen LogP contribution in [0.3, 0.4) is 0 Å². The summed E-state index contributed by atoms with van der Waals surface area (Å²) in [6.45, 7) is 4.05. The molecule has 5 rings (SSSR count). The largest absolute Gasteiger partial charge is 0.496 e. The van der Waals surface area contributed by atoms with Crippen LogP contribution in [0.2, 0.25) is 0 Å². The van der Waals surface area contributed by atoms with Gasteiger partial charge < -0.3 is 18.9 Å². The summed E-state index contributed by atoms with van der Waals surface area (Å²) in [4.78, 5) is 0. The number of methoxy groups -OCH3 is 4. The van der Waals surface area contributed by atoms with E-state index in [1.807, 2.05) is 26.0 Å². The third kappa shape index (κ3) is 3.70. The molecule has 0 aliphatic heterocycles. The van der Waals surface area contributed by atoms with E-state index < -0.39 is 0 Å². The third-order valence-corrected chi connectivity index (χ3v) is 6.91.